The van der Waals surface area contributed by atoms with Gasteiger partial charge in [-0.2, -0.15) is 0 Å². The minimum atomic E-state index is -0.187. The number of pyridine rings is 1. The van der Waals surface area contributed by atoms with E-state index in [1.165, 1.54) is 38.8 Å². The lowest BCUT2D eigenvalue weighted by molar-refractivity contribution is -0.122. The molecule has 0 spiro atoms. The Balaban J connectivity index is 0.00000363. The third kappa shape index (κ3) is 8.38. The monoisotopic (exact) mass is 557 g/mol. The number of aromatic nitrogens is 1. The second-order valence-electron chi connectivity index (χ2n) is 8.61. The molecule has 2 saturated heterocycles. The standard InChI is InChI=1S/C23H39N7O.HI/c1-25-23(27-12-7-15-29-13-4-2-3-5-14-29)28-18-20-8-6-11-26-22(20)30-16-9-19(10-17-30)21(24)31;/h6,8,11,19H,2-5,7,9-10,12-18H2,1H3,(H2,24,31)(H2,25,27,28);1H. The van der Waals surface area contributed by atoms with Crippen LogP contribution in [0.2, 0.25) is 0 Å². The molecule has 2 fully saturated rings. The van der Waals surface area contributed by atoms with Crippen LogP contribution in [-0.2, 0) is 11.3 Å². The molecule has 8 nitrogen and oxygen atoms in total. The van der Waals surface area contributed by atoms with Crippen molar-refractivity contribution < 1.29 is 4.79 Å². The largest absolute Gasteiger partial charge is 0.369 e. The number of likely N-dealkylation sites (tertiary alicyclic amines) is 1. The predicted octanol–water partition coefficient (Wildman–Crippen LogP) is 2.33. The van der Waals surface area contributed by atoms with Crippen LogP contribution in [0, 0.1) is 5.92 Å². The fraction of sp³-hybridized carbons (Fsp3) is 0.696. The van der Waals surface area contributed by atoms with Crippen molar-refractivity contribution in [3.05, 3.63) is 23.9 Å². The number of amides is 1. The minimum absolute atomic E-state index is 0. The maximum atomic E-state index is 11.4. The number of hydrogen-bond acceptors (Lipinski definition) is 5. The van der Waals surface area contributed by atoms with Gasteiger partial charge in [-0.3, -0.25) is 9.79 Å². The Kier molecular flexibility index (Phi) is 12.1. The molecule has 32 heavy (non-hydrogen) atoms. The van der Waals surface area contributed by atoms with Gasteiger partial charge in [-0.15, -0.1) is 24.0 Å². The molecule has 0 aliphatic carbocycles. The van der Waals surface area contributed by atoms with E-state index in [0.29, 0.717) is 6.54 Å². The van der Waals surface area contributed by atoms with Gasteiger partial charge in [-0.05, 0) is 57.8 Å². The van der Waals surface area contributed by atoms with Crippen molar-refractivity contribution in [2.24, 2.45) is 16.6 Å². The zero-order valence-electron chi connectivity index (χ0n) is 19.4. The molecule has 3 rings (SSSR count). The average Bonchev–Trinajstić information content (AvgIpc) is 3.08. The quantitative estimate of drug-likeness (QED) is 0.197. The first-order valence-corrected chi connectivity index (χ1v) is 11.8. The number of piperidine rings is 1. The molecule has 180 valence electrons. The second kappa shape index (κ2) is 14.5. The number of rotatable bonds is 8. The lowest BCUT2D eigenvalue weighted by Gasteiger charge is -2.32. The summed E-state index contributed by atoms with van der Waals surface area (Å²) in [6.07, 6.45) is 9.96. The molecule has 4 N–H and O–H groups in total. The van der Waals surface area contributed by atoms with E-state index >= 15 is 0 Å². The van der Waals surface area contributed by atoms with E-state index in [0.717, 1.165) is 62.8 Å². The number of nitrogens with two attached hydrogens (primary N) is 1. The van der Waals surface area contributed by atoms with Gasteiger partial charge in [0, 0.05) is 50.9 Å². The molecule has 1 amide bonds. The summed E-state index contributed by atoms with van der Waals surface area (Å²) in [5.41, 5.74) is 6.60. The van der Waals surface area contributed by atoms with Crippen molar-refractivity contribution in [3.8, 4) is 0 Å². The molecular formula is C23H40IN7O. The van der Waals surface area contributed by atoms with E-state index in [-0.39, 0.29) is 35.8 Å². The molecule has 2 aliphatic heterocycles. The van der Waals surface area contributed by atoms with Gasteiger partial charge in [0.2, 0.25) is 5.91 Å². The maximum Gasteiger partial charge on any atom is 0.220 e. The zero-order valence-corrected chi connectivity index (χ0v) is 21.7. The number of aliphatic imine (C=N–C) groups is 1. The van der Waals surface area contributed by atoms with Crippen LogP contribution in [0.3, 0.4) is 0 Å². The maximum absolute atomic E-state index is 11.4. The van der Waals surface area contributed by atoms with Gasteiger partial charge in [0.1, 0.15) is 5.82 Å². The van der Waals surface area contributed by atoms with Crippen LogP contribution in [0.1, 0.15) is 50.5 Å². The molecule has 1 aromatic heterocycles. The fourth-order valence-corrected chi connectivity index (χ4v) is 4.50. The molecule has 0 unspecified atom stereocenters. The van der Waals surface area contributed by atoms with Crippen molar-refractivity contribution in [2.45, 2.75) is 51.5 Å². The van der Waals surface area contributed by atoms with Gasteiger partial charge < -0.3 is 26.2 Å². The Morgan fingerprint density at radius 1 is 1.16 bits per heavy atom. The first-order valence-electron chi connectivity index (χ1n) is 11.8. The normalized spacial score (nSPS) is 18.5. The molecule has 0 aromatic carbocycles. The summed E-state index contributed by atoms with van der Waals surface area (Å²) in [5, 5.41) is 6.86. The Morgan fingerprint density at radius 3 is 2.53 bits per heavy atom. The van der Waals surface area contributed by atoms with Crippen LogP contribution in [0.5, 0.6) is 0 Å². The summed E-state index contributed by atoms with van der Waals surface area (Å²) in [4.78, 5) is 25.3. The van der Waals surface area contributed by atoms with E-state index in [2.05, 4.69) is 36.5 Å². The van der Waals surface area contributed by atoms with Crippen LogP contribution in [0.4, 0.5) is 5.82 Å². The van der Waals surface area contributed by atoms with E-state index in [4.69, 9.17) is 5.73 Å². The van der Waals surface area contributed by atoms with E-state index < -0.39 is 0 Å². The van der Waals surface area contributed by atoms with Gasteiger partial charge in [0.15, 0.2) is 5.96 Å². The van der Waals surface area contributed by atoms with Crippen molar-refractivity contribution in [1.29, 1.82) is 0 Å². The number of nitrogens with zero attached hydrogens (tertiary/aromatic N) is 4. The van der Waals surface area contributed by atoms with Gasteiger partial charge in [0.05, 0.1) is 0 Å². The lowest BCUT2D eigenvalue weighted by atomic mass is 9.96. The van der Waals surface area contributed by atoms with E-state index in [1.54, 1.807) is 0 Å². The number of halogens is 1. The highest BCUT2D eigenvalue weighted by Crippen LogP contribution is 2.24. The summed E-state index contributed by atoms with van der Waals surface area (Å²) < 4.78 is 0. The molecule has 0 saturated carbocycles. The third-order valence-corrected chi connectivity index (χ3v) is 6.38. The number of nitrogens with one attached hydrogen (secondary N) is 2. The summed E-state index contributed by atoms with van der Waals surface area (Å²) in [6, 6.07) is 4.07. The van der Waals surface area contributed by atoms with E-state index in [1.807, 2.05) is 19.3 Å². The number of anilines is 1. The molecule has 2 aliphatic rings. The van der Waals surface area contributed by atoms with Gasteiger partial charge in [0.25, 0.3) is 0 Å². The number of carbonyl (C=O) groups excluding carboxylic acids is 1. The Morgan fingerprint density at radius 2 is 1.88 bits per heavy atom. The van der Waals surface area contributed by atoms with Crippen LogP contribution in [0.15, 0.2) is 23.3 Å². The summed E-state index contributed by atoms with van der Waals surface area (Å²) in [7, 11) is 1.81. The molecule has 0 bridgehead atoms. The molecule has 1 aromatic rings. The summed E-state index contributed by atoms with van der Waals surface area (Å²) >= 11 is 0. The average molecular weight is 558 g/mol. The fourth-order valence-electron chi connectivity index (χ4n) is 4.50. The molecule has 0 atom stereocenters. The molecule has 3 heterocycles. The van der Waals surface area contributed by atoms with Crippen molar-refractivity contribution >= 4 is 41.7 Å². The van der Waals surface area contributed by atoms with Crippen molar-refractivity contribution in [2.75, 3.05) is 51.2 Å². The predicted molar refractivity (Wildman–Crippen MR) is 142 cm³/mol. The Hall–Kier alpha value is -1.62. The van der Waals surface area contributed by atoms with Crippen LogP contribution in [-0.4, -0.2) is 68.1 Å². The minimum Gasteiger partial charge on any atom is -0.369 e. The molecule has 9 heteroatoms. The van der Waals surface area contributed by atoms with Crippen molar-refractivity contribution in [3.63, 3.8) is 0 Å². The van der Waals surface area contributed by atoms with E-state index in [9.17, 15) is 4.79 Å². The number of guanidine groups is 1. The van der Waals surface area contributed by atoms with Crippen LogP contribution >= 0.6 is 24.0 Å². The number of primary amides is 1. The molecular weight excluding hydrogens is 517 g/mol. The van der Waals surface area contributed by atoms with Crippen LogP contribution in [0.25, 0.3) is 0 Å². The zero-order chi connectivity index (χ0) is 21.9. The highest BCUT2D eigenvalue weighted by Gasteiger charge is 2.25. The van der Waals surface area contributed by atoms with Gasteiger partial charge in [-0.1, -0.05) is 18.9 Å². The van der Waals surface area contributed by atoms with Crippen LogP contribution < -0.4 is 21.3 Å². The SMILES string of the molecule is CN=C(NCCCN1CCCCCC1)NCc1cccnc1N1CCC(C(N)=O)CC1.I. The highest BCUT2D eigenvalue weighted by atomic mass is 127. The number of hydrogen-bond donors (Lipinski definition) is 3. The lowest BCUT2D eigenvalue weighted by Crippen LogP contribution is -2.40. The third-order valence-electron chi connectivity index (χ3n) is 6.38. The summed E-state index contributed by atoms with van der Waals surface area (Å²) in [5.74, 6) is 1.60. The Bertz CT molecular complexity index is 714. The second-order valence-corrected chi connectivity index (χ2v) is 8.61. The first kappa shape index (κ1) is 26.6. The van der Waals surface area contributed by atoms with Gasteiger partial charge >= 0.3 is 0 Å². The molecule has 0 radical (unpaired) electrons. The van der Waals surface area contributed by atoms with Crippen molar-refractivity contribution in [1.82, 2.24) is 20.5 Å². The summed E-state index contributed by atoms with van der Waals surface area (Å²) in [6.45, 7) is 6.82. The number of carbonyl (C=O) groups is 1. The highest BCUT2D eigenvalue weighted by molar-refractivity contribution is 14.0. The Labute approximate surface area is 209 Å². The smallest absolute Gasteiger partial charge is 0.220 e. The van der Waals surface area contributed by atoms with Gasteiger partial charge in [-0.25, -0.2) is 4.98 Å². The topological polar surface area (TPSA) is 98.9 Å². The first-order chi connectivity index (χ1) is 15.2.